The first-order chi connectivity index (χ1) is 11.4. The Hall–Kier alpha value is -1.83. The lowest BCUT2D eigenvalue weighted by molar-refractivity contribution is 0.601. The number of nitrogens with zero attached hydrogens (tertiary/aromatic N) is 2. The van der Waals surface area contributed by atoms with E-state index in [1.807, 2.05) is 30.3 Å². The zero-order valence-corrected chi connectivity index (χ0v) is 15.1. The summed E-state index contributed by atoms with van der Waals surface area (Å²) >= 11 is 7.33. The van der Waals surface area contributed by atoms with Crippen LogP contribution >= 0.6 is 23.4 Å². The minimum atomic E-state index is -3.04. The molecule has 0 atom stereocenters. The number of nitrogens with one attached hydrogen (secondary N) is 1. The van der Waals surface area contributed by atoms with Gasteiger partial charge in [-0.1, -0.05) is 47.6 Å². The highest BCUT2D eigenvalue weighted by Gasteiger charge is 2.11. The topological polar surface area (TPSA) is 75.7 Å². The van der Waals surface area contributed by atoms with Crippen molar-refractivity contribution in [2.75, 3.05) is 6.26 Å². The lowest BCUT2D eigenvalue weighted by Crippen LogP contribution is -2.00. The summed E-state index contributed by atoms with van der Waals surface area (Å²) in [4.78, 5) is 5.20. The Kier molecular flexibility index (Phi) is 4.93. The standard InChI is InChI=1S/C16H14ClN3O2S2/c1-24(21,22)10-11-2-4-12(5-3-11)16-14(9-19-20-16)23-15-7-6-13(17)8-18-15/h2-9H,10H2,1H3,(H,19,20). The molecule has 0 fully saturated rings. The molecule has 24 heavy (non-hydrogen) atoms. The number of sulfone groups is 1. The van der Waals surface area contributed by atoms with Crippen molar-refractivity contribution in [3.8, 4) is 11.3 Å². The van der Waals surface area contributed by atoms with Crippen LogP contribution in [0.15, 0.2) is 58.7 Å². The van der Waals surface area contributed by atoms with E-state index in [9.17, 15) is 8.42 Å². The molecule has 0 spiro atoms. The maximum absolute atomic E-state index is 11.4. The maximum Gasteiger partial charge on any atom is 0.151 e. The number of aromatic nitrogens is 3. The number of pyridine rings is 1. The first kappa shape index (κ1) is 17.0. The van der Waals surface area contributed by atoms with E-state index in [1.54, 1.807) is 18.5 Å². The fraction of sp³-hybridized carbons (Fsp3) is 0.125. The fourth-order valence-corrected chi connectivity index (χ4v) is 3.91. The molecule has 3 rings (SSSR count). The minimum Gasteiger partial charge on any atom is -0.277 e. The van der Waals surface area contributed by atoms with Crippen LogP contribution in [0.1, 0.15) is 5.56 Å². The Morgan fingerprint density at radius 3 is 2.50 bits per heavy atom. The van der Waals surface area contributed by atoms with Crippen LogP contribution in [0.5, 0.6) is 0 Å². The van der Waals surface area contributed by atoms with Gasteiger partial charge in [-0.2, -0.15) is 5.10 Å². The van der Waals surface area contributed by atoms with Gasteiger partial charge in [-0.3, -0.25) is 5.10 Å². The summed E-state index contributed by atoms with van der Waals surface area (Å²) < 4.78 is 22.7. The first-order valence-corrected chi connectivity index (χ1v) is 10.3. The molecule has 124 valence electrons. The molecular weight excluding hydrogens is 366 g/mol. The third-order valence-electron chi connectivity index (χ3n) is 3.19. The van der Waals surface area contributed by atoms with Crippen molar-refractivity contribution in [2.45, 2.75) is 15.7 Å². The second-order valence-electron chi connectivity index (χ2n) is 5.29. The number of halogens is 1. The predicted molar refractivity (Wildman–Crippen MR) is 95.9 cm³/mol. The van der Waals surface area contributed by atoms with Crippen molar-refractivity contribution in [2.24, 2.45) is 0 Å². The largest absolute Gasteiger partial charge is 0.277 e. The second-order valence-corrected chi connectivity index (χ2v) is 8.93. The Labute approximate surface area is 149 Å². The normalized spacial score (nSPS) is 11.6. The Bertz CT molecular complexity index is 936. The van der Waals surface area contributed by atoms with E-state index < -0.39 is 9.84 Å². The van der Waals surface area contributed by atoms with E-state index in [2.05, 4.69) is 15.2 Å². The molecule has 0 radical (unpaired) electrons. The highest BCUT2D eigenvalue weighted by molar-refractivity contribution is 7.99. The van der Waals surface area contributed by atoms with Crippen molar-refractivity contribution in [3.05, 3.63) is 59.4 Å². The van der Waals surface area contributed by atoms with Crippen LogP contribution < -0.4 is 0 Å². The van der Waals surface area contributed by atoms with Crippen LogP contribution in [-0.2, 0) is 15.6 Å². The number of H-pyrrole nitrogens is 1. The number of rotatable bonds is 5. The molecule has 2 aromatic heterocycles. The van der Waals surface area contributed by atoms with Gasteiger partial charge in [-0.15, -0.1) is 0 Å². The van der Waals surface area contributed by atoms with E-state index in [0.717, 1.165) is 26.7 Å². The van der Waals surface area contributed by atoms with Crippen molar-refractivity contribution in [3.63, 3.8) is 0 Å². The summed E-state index contributed by atoms with van der Waals surface area (Å²) in [5.41, 5.74) is 2.55. The molecule has 0 aliphatic rings. The quantitative estimate of drug-likeness (QED) is 0.729. The molecule has 0 amide bonds. The molecule has 0 saturated carbocycles. The van der Waals surface area contributed by atoms with Gasteiger partial charge in [0.05, 0.1) is 27.6 Å². The van der Waals surface area contributed by atoms with Crippen LogP contribution in [0.4, 0.5) is 0 Å². The van der Waals surface area contributed by atoms with Gasteiger partial charge >= 0.3 is 0 Å². The van der Waals surface area contributed by atoms with Gasteiger partial charge in [0.25, 0.3) is 0 Å². The van der Waals surface area contributed by atoms with Crippen molar-refractivity contribution in [1.29, 1.82) is 0 Å². The lowest BCUT2D eigenvalue weighted by Gasteiger charge is -2.05. The molecule has 1 aromatic carbocycles. The molecule has 0 saturated heterocycles. The van der Waals surface area contributed by atoms with Gasteiger partial charge in [0.2, 0.25) is 0 Å². The SMILES string of the molecule is CS(=O)(=O)Cc1ccc(-c2[nH]ncc2Sc2ccc(Cl)cn2)cc1. The zero-order valence-electron chi connectivity index (χ0n) is 12.7. The van der Waals surface area contributed by atoms with Gasteiger partial charge < -0.3 is 0 Å². The second kappa shape index (κ2) is 6.96. The summed E-state index contributed by atoms with van der Waals surface area (Å²) in [6.45, 7) is 0. The Balaban J connectivity index is 1.83. The van der Waals surface area contributed by atoms with E-state index >= 15 is 0 Å². The molecular formula is C16H14ClN3O2S2. The number of hydrogen-bond donors (Lipinski definition) is 1. The van der Waals surface area contributed by atoms with Gasteiger partial charge in [0, 0.05) is 18.0 Å². The van der Waals surface area contributed by atoms with Crippen molar-refractivity contribution < 1.29 is 8.42 Å². The van der Waals surface area contributed by atoms with Crippen LogP contribution in [0.25, 0.3) is 11.3 Å². The zero-order chi connectivity index (χ0) is 17.2. The van der Waals surface area contributed by atoms with Gasteiger partial charge in [-0.25, -0.2) is 13.4 Å². The molecule has 3 aromatic rings. The van der Waals surface area contributed by atoms with Crippen molar-refractivity contribution >= 4 is 33.2 Å². The average Bonchev–Trinajstić information content (AvgIpc) is 2.97. The van der Waals surface area contributed by atoms with Gasteiger partial charge in [0.15, 0.2) is 9.84 Å². The summed E-state index contributed by atoms with van der Waals surface area (Å²) in [6.07, 6.45) is 4.56. The third kappa shape index (κ3) is 4.37. The van der Waals surface area contributed by atoms with Gasteiger partial charge in [0.1, 0.15) is 5.03 Å². The molecule has 1 N–H and O–H groups in total. The van der Waals surface area contributed by atoms with Gasteiger partial charge in [-0.05, 0) is 17.7 Å². The maximum atomic E-state index is 11.4. The number of aromatic amines is 1. The molecule has 0 unspecified atom stereocenters. The first-order valence-electron chi connectivity index (χ1n) is 7.00. The highest BCUT2D eigenvalue weighted by Crippen LogP contribution is 2.34. The minimum absolute atomic E-state index is 0.0343. The predicted octanol–water partition coefficient (Wildman–Crippen LogP) is 3.82. The van der Waals surface area contributed by atoms with Crippen molar-refractivity contribution in [1.82, 2.24) is 15.2 Å². The molecule has 2 heterocycles. The van der Waals surface area contributed by atoms with E-state index in [4.69, 9.17) is 11.6 Å². The fourth-order valence-electron chi connectivity index (χ4n) is 2.16. The number of hydrogen-bond acceptors (Lipinski definition) is 5. The van der Waals surface area contributed by atoms with Crippen LogP contribution in [0.2, 0.25) is 5.02 Å². The monoisotopic (exact) mass is 379 g/mol. The number of benzene rings is 1. The Morgan fingerprint density at radius 2 is 1.88 bits per heavy atom. The Morgan fingerprint density at radius 1 is 1.12 bits per heavy atom. The summed E-state index contributed by atoms with van der Waals surface area (Å²) in [6, 6.07) is 11.0. The molecule has 0 aliphatic carbocycles. The van der Waals surface area contributed by atoms with Crippen LogP contribution in [0, 0.1) is 0 Å². The molecule has 0 aliphatic heterocycles. The van der Waals surface area contributed by atoms with Crippen LogP contribution in [-0.4, -0.2) is 29.9 Å². The third-order valence-corrected chi connectivity index (χ3v) is 5.25. The lowest BCUT2D eigenvalue weighted by atomic mass is 10.1. The summed E-state index contributed by atoms with van der Waals surface area (Å²) in [5.74, 6) is 0.0343. The van der Waals surface area contributed by atoms with E-state index in [0.29, 0.717) is 5.02 Å². The molecule has 8 heteroatoms. The highest BCUT2D eigenvalue weighted by atomic mass is 35.5. The smallest absolute Gasteiger partial charge is 0.151 e. The molecule has 0 bridgehead atoms. The average molecular weight is 380 g/mol. The summed E-state index contributed by atoms with van der Waals surface area (Å²) in [5, 5.41) is 8.48. The summed E-state index contributed by atoms with van der Waals surface area (Å²) in [7, 11) is -3.04. The van der Waals surface area contributed by atoms with E-state index in [-0.39, 0.29) is 5.75 Å². The van der Waals surface area contributed by atoms with Crippen LogP contribution in [0.3, 0.4) is 0 Å². The molecule has 5 nitrogen and oxygen atoms in total. The van der Waals surface area contributed by atoms with E-state index in [1.165, 1.54) is 18.0 Å².